The second-order valence-electron chi connectivity index (χ2n) is 4.81. The number of anilines is 1. The Kier molecular flexibility index (Phi) is 5.17. The van der Waals surface area contributed by atoms with Crippen LogP contribution in [0.15, 0.2) is 42.6 Å². The van der Waals surface area contributed by atoms with E-state index >= 15 is 0 Å². The molecular formula is C16H17ClN2O2. The predicted octanol–water partition coefficient (Wildman–Crippen LogP) is 3.86. The Morgan fingerprint density at radius 2 is 2.14 bits per heavy atom. The molecule has 0 radical (unpaired) electrons. The molecule has 0 aliphatic rings. The summed E-state index contributed by atoms with van der Waals surface area (Å²) in [5, 5.41) is 2.81. The first-order chi connectivity index (χ1) is 10.1. The smallest absolute Gasteiger partial charge is 0.255 e. The molecule has 0 unspecified atom stereocenters. The van der Waals surface area contributed by atoms with E-state index in [0.717, 1.165) is 5.56 Å². The lowest BCUT2D eigenvalue weighted by atomic mass is 10.1. The first-order valence-corrected chi connectivity index (χ1v) is 7.21. The number of alkyl halides is 1. The number of rotatable bonds is 5. The van der Waals surface area contributed by atoms with Gasteiger partial charge in [-0.25, -0.2) is 4.98 Å². The summed E-state index contributed by atoms with van der Waals surface area (Å²) >= 11 is 5.78. The van der Waals surface area contributed by atoms with Crippen LogP contribution in [-0.2, 0) is 5.88 Å². The molecule has 0 spiro atoms. The fourth-order valence-electron chi connectivity index (χ4n) is 1.79. The maximum atomic E-state index is 12.3. The van der Waals surface area contributed by atoms with E-state index in [2.05, 4.69) is 10.3 Å². The molecule has 21 heavy (non-hydrogen) atoms. The van der Waals surface area contributed by atoms with Gasteiger partial charge in [0.2, 0.25) is 5.88 Å². The number of benzene rings is 1. The summed E-state index contributed by atoms with van der Waals surface area (Å²) < 4.78 is 5.58. The molecule has 0 bridgehead atoms. The number of hydrogen-bond acceptors (Lipinski definition) is 3. The number of carbonyl (C=O) groups is 1. The largest absolute Gasteiger partial charge is 0.473 e. The molecule has 1 N–H and O–H groups in total. The molecule has 0 aliphatic carbocycles. The van der Waals surface area contributed by atoms with E-state index in [0.29, 0.717) is 23.0 Å². The minimum Gasteiger partial charge on any atom is -0.473 e. The molecule has 1 amide bonds. The Bertz CT molecular complexity index is 629. The van der Waals surface area contributed by atoms with E-state index in [1.54, 1.807) is 36.5 Å². The highest BCUT2D eigenvalue weighted by Gasteiger charge is 2.12. The molecule has 0 fully saturated rings. The maximum absolute atomic E-state index is 12.3. The fourth-order valence-corrected chi connectivity index (χ4v) is 1.96. The summed E-state index contributed by atoms with van der Waals surface area (Å²) in [5.74, 6) is 0.563. The van der Waals surface area contributed by atoms with E-state index in [9.17, 15) is 4.79 Å². The number of pyridine rings is 1. The lowest BCUT2D eigenvalue weighted by Gasteiger charge is -2.13. The predicted molar refractivity (Wildman–Crippen MR) is 84.0 cm³/mol. The Labute approximate surface area is 129 Å². The number of aromatic nitrogens is 1. The van der Waals surface area contributed by atoms with Crippen LogP contribution in [0.25, 0.3) is 0 Å². The van der Waals surface area contributed by atoms with Crippen molar-refractivity contribution in [2.24, 2.45) is 0 Å². The van der Waals surface area contributed by atoms with E-state index in [1.165, 1.54) is 0 Å². The molecule has 0 saturated heterocycles. The van der Waals surface area contributed by atoms with Crippen molar-refractivity contribution in [3.63, 3.8) is 0 Å². The van der Waals surface area contributed by atoms with Gasteiger partial charge < -0.3 is 10.1 Å². The highest BCUT2D eigenvalue weighted by molar-refractivity contribution is 6.17. The van der Waals surface area contributed by atoms with Crippen LogP contribution in [0, 0.1) is 0 Å². The van der Waals surface area contributed by atoms with Crippen molar-refractivity contribution in [3.05, 3.63) is 53.7 Å². The topological polar surface area (TPSA) is 51.2 Å². The average molecular weight is 305 g/mol. The molecule has 110 valence electrons. The van der Waals surface area contributed by atoms with Crippen molar-refractivity contribution < 1.29 is 9.53 Å². The van der Waals surface area contributed by atoms with Gasteiger partial charge >= 0.3 is 0 Å². The van der Waals surface area contributed by atoms with Crippen LogP contribution in [0.5, 0.6) is 5.88 Å². The number of nitrogens with one attached hydrogen (secondary N) is 1. The lowest BCUT2D eigenvalue weighted by Crippen LogP contribution is -2.15. The summed E-state index contributed by atoms with van der Waals surface area (Å²) in [7, 11) is 0. The third-order valence-corrected chi connectivity index (χ3v) is 3.02. The van der Waals surface area contributed by atoms with Crippen LogP contribution in [0.3, 0.4) is 0 Å². The Balaban J connectivity index is 2.19. The SMILES string of the molecule is CC(C)Oc1ncccc1NC(=O)c1cccc(CCl)c1. The first-order valence-electron chi connectivity index (χ1n) is 6.68. The molecule has 0 atom stereocenters. The standard InChI is InChI=1S/C16H17ClN2O2/c1-11(2)21-16-14(7-4-8-18-16)19-15(20)13-6-3-5-12(9-13)10-17/h3-9,11H,10H2,1-2H3,(H,19,20). The molecule has 2 aromatic rings. The zero-order valence-corrected chi connectivity index (χ0v) is 12.7. The number of carbonyl (C=O) groups excluding carboxylic acids is 1. The second kappa shape index (κ2) is 7.09. The van der Waals surface area contributed by atoms with Gasteiger partial charge in [0.1, 0.15) is 5.69 Å². The third-order valence-electron chi connectivity index (χ3n) is 2.71. The van der Waals surface area contributed by atoms with Gasteiger partial charge in [-0.1, -0.05) is 12.1 Å². The minimum absolute atomic E-state index is 0.0184. The van der Waals surface area contributed by atoms with Gasteiger partial charge in [-0.05, 0) is 43.7 Å². The number of ether oxygens (including phenoxy) is 1. The molecule has 1 heterocycles. The number of amides is 1. The molecule has 0 aliphatic heterocycles. The van der Waals surface area contributed by atoms with Crippen LogP contribution in [0.1, 0.15) is 29.8 Å². The molecule has 1 aromatic heterocycles. The Morgan fingerprint density at radius 3 is 2.86 bits per heavy atom. The Hall–Kier alpha value is -2.07. The normalized spacial score (nSPS) is 10.5. The van der Waals surface area contributed by atoms with Crippen molar-refractivity contribution in [1.29, 1.82) is 0 Å². The van der Waals surface area contributed by atoms with Gasteiger partial charge in [0, 0.05) is 17.6 Å². The maximum Gasteiger partial charge on any atom is 0.255 e. The van der Waals surface area contributed by atoms with E-state index < -0.39 is 0 Å². The lowest BCUT2D eigenvalue weighted by molar-refractivity contribution is 0.102. The second-order valence-corrected chi connectivity index (χ2v) is 5.08. The van der Waals surface area contributed by atoms with Gasteiger partial charge in [0.15, 0.2) is 0 Å². The van der Waals surface area contributed by atoms with Crippen LogP contribution < -0.4 is 10.1 Å². The van der Waals surface area contributed by atoms with Gasteiger partial charge in [-0.15, -0.1) is 11.6 Å². The third kappa shape index (κ3) is 4.20. The van der Waals surface area contributed by atoms with Crippen molar-refractivity contribution in [2.75, 3.05) is 5.32 Å². The number of hydrogen-bond donors (Lipinski definition) is 1. The van der Waals surface area contributed by atoms with Crippen molar-refractivity contribution in [3.8, 4) is 5.88 Å². The van der Waals surface area contributed by atoms with Crippen LogP contribution in [-0.4, -0.2) is 17.0 Å². The summed E-state index contributed by atoms with van der Waals surface area (Å²) in [4.78, 5) is 16.4. The highest BCUT2D eigenvalue weighted by atomic mass is 35.5. The zero-order chi connectivity index (χ0) is 15.2. The monoisotopic (exact) mass is 304 g/mol. The van der Waals surface area contributed by atoms with Crippen LogP contribution in [0.2, 0.25) is 0 Å². The van der Waals surface area contributed by atoms with Gasteiger partial charge in [0.25, 0.3) is 5.91 Å². The fraction of sp³-hybridized carbons (Fsp3) is 0.250. The molecule has 5 heteroatoms. The zero-order valence-electron chi connectivity index (χ0n) is 12.0. The molecular weight excluding hydrogens is 288 g/mol. The summed E-state index contributed by atoms with van der Waals surface area (Å²) in [6.07, 6.45) is 1.61. The molecule has 4 nitrogen and oxygen atoms in total. The molecule has 1 aromatic carbocycles. The summed E-state index contributed by atoms with van der Waals surface area (Å²) in [6.45, 7) is 3.81. The van der Waals surface area contributed by atoms with Crippen LogP contribution >= 0.6 is 11.6 Å². The van der Waals surface area contributed by atoms with Crippen molar-refractivity contribution >= 4 is 23.2 Å². The number of halogens is 1. The molecule has 0 saturated carbocycles. The molecule has 2 rings (SSSR count). The van der Waals surface area contributed by atoms with E-state index in [1.807, 2.05) is 19.9 Å². The highest BCUT2D eigenvalue weighted by Crippen LogP contribution is 2.22. The van der Waals surface area contributed by atoms with Gasteiger partial charge in [-0.3, -0.25) is 4.79 Å². The van der Waals surface area contributed by atoms with Gasteiger partial charge in [0.05, 0.1) is 6.10 Å². The van der Waals surface area contributed by atoms with Crippen LogP contribution in [0.4, 0.5) is 5.69 Å². The van der Waals surface area contributed by atoms with E-state index in [4.69, 9.17) is 16.3 Å². The number of nitrogens with zero attached hydrogens (tertiary/aromatic N) is 1. The summed E-state index contributed by atoms with van der Waals surface area (Å²) in [6, 6.07) is 10.7. The Morgan fingerprint density at radius 1 is 1.33 bits per heavy atom. The minimum atomic E-state index is -0.219. The van der Waals surface area contributed by atoms with E-state index in [-0.39, 0.29) is 12.0 Å². The quantitative estimate of drug-likeness (QED) is 0.853. The van der Waals surface area contributed by atoms with Gasteiger partial charge in [-0.2, -0.15) is 0 Å². The first kappa shape index (κ1) is 15.3. The van der Waals surface area contributed by atoms with Crippen molar-refractivity contribution in [2.45, 2.75) is 25.8 Å². The van der Waals surface area contributed by atoms with Crippen molar-refractivity contribution in [1.82, 2.24) is 4.98 Å². The average Bonchev–Trinajstić information content (AvgIpc) is 2.48. The summed E-state index contributed by atoms with van der Waals surface area (Å²) in [5.41, 5.74) is 1.99.